The van der Waals surface area contributed by atoms with Gasteiger partial charge < -0.3 is 4.74 Å². The lowest BCUT2D eigenvalue weighted by Crippen LogP contribution is -2.08. The lowest BCUT2D eigenvalue weighted by molar-refractivity contribution is -0.137. The number of hydrogen-bond acceptors (Lipinski definition) is 5. The van der Waals surface area contributed by atoms with Crippen molar-refractivity contribution < 1.29 is 14.3 Å². The molecule has 1 rings (SSSR count). The fourth-order valence-electron chi connectivity index (χ4n) is 1.10. The maximum absolute atomic E-state index is 11.7. The van der Waals surface area contributed by atoms with E-state index in [9.17, 15) is 9.59 Å². The first kappa shape index (κ1) is 13.3. The number of carbonyl (C=O) groups excluding carboxylic acids is 2. The summed E-state index contributed by atoms with van der Waals surface area (Å²) < 4.78 is 4.46. The minimum Gasteiger partial charge on any atom is -0.468 e. The van der Waals surface area contributed by atoms with Crippen molar-refractivity contribution in [2.24, 2.45) is 0 Å². The number of Topliss-reactive ketones (excluding diaryl/α,β-unsaturated/α-hetero) is 1. The quantitative estimate of drug-likeness (QED) is 0.586. The van der Waals surface area contributed by atoms with Crippen LogP contribution >= 0.6 is 11.8 Å². The molecular formula is C12H11NO3S. The number of nitriles is 1. The Hall–Kier alpha value is -1.80. The van der Waals surface area contributed by atoms with Crippen molar-refractivity contribution in [2.45, 2.75) is 0 Å². The second kappa shape index (κ2) is 6.71. The molecule has 0 saturated carbocycles. The Morgan fingerprint density at radius 3 is 2.47 bits per heavy atom. The number of esters is 1. The van der Waals surface area contributed by atoms with E-state index in [0.717, 1.165) is 0 Å². The van der Waals surface area contributed by atoms with Gasteiger partial charge in [-0.05, 0) is 12.1 Å². The van der Waals surface area contributed by atoms with Gasteiger partial charge in [0.15, 0.2) is 5.78 Å². The average Bonchev–Trinajstić information content (AvgIpc) is 2.38. The summed E-state index contributed by atoms with van der Waals surface area (Å²) in [5.41, 5.74) is 1.06. The maximum atomic E-state index is 11.7. The molecule has 0 N–H and O–H groups in total. The number of benzene rings is 1. The van der Waals surface area contributed by atoms with Crippen molar-refractivity contribution >= 4 is 23.5 Å². The molecule has 88 valence electrons. The van der Waals surface area contributed by atoms with Crippen LogP contribution in [0, 0.1) is 11.3 Å². The largest absolute Gasteiger partial charge is 0.468 e. The molecule has 0 saturated heterocycles. The fraction of sp³-hybridized carbons (Fsp3) is 0.250. The van der Waals surface area contributed by atoms with Crippen LogP contribution in [0.2, 0.25) is 0 Å². The third-order valence-electron chi connectivity index (χ3n) is 2.02. The Morgan fingerprint density at radius 2 is 1.94 bits per heavy atom. The van der Waals surface area contributed by atoms with Crippen LogP contribution < -0.4 is 0 Å². The van der Waals surface area contributed by atoms with E-state index in [4.69, 9.17) is 5.26 Å². The predicted octanol–water partition coefficient (Wildman–Crippen LogP) is 1.65. The number of hydrogen-bond donors (Lipinski definition) is 0. The average molecular weight is 249 g/mol. The molecule has 1 aromatic rings. The van der Waals surface area contributed by atoms with Crippen molar-refractivity contribution in [1.29, 1.82) is 5.26 Å². The molecule has 0 aromatic heterocycles. The third kappa shape index (κ3) is 4.29. The SMILES string of the molecule is COC(=O)CSCC(=O)c1ccc(C#N)cc1. The van der Waals surface area contributed by atoms with Crippen molar-refractivity contribution in [3.8, 4) is 6.07 Å². The molecule has 17 heavy (non-hydrogen) atoms. The molecule has 0 atom stereocenters. The minimum atomic E-state index is -0.345. The number of ether oxygens (including phenoxy) is 1. The highest BCUT2D eigenvalue weighted by atomic mass is 32.2. The van der Waals surface area contributed by atoms with E-state index >= 15 is 0 Å². The lowest BCUT2D eigenvalue weighted by atomic mass is 10.1. The first-order valence-corrected chi connectivity index (χ1v) is 6.00. The van der Waals surface area contributed by atoms with E-state index < -0.39 is 0 Å². The smallest absolute Gasteiger partial charge is 0.315 e. The van der Waals surface area contributed by atoms with Gasteiger partial charge in [0.25, 0.3) is 0 Å². The van der Waals surface area contributed by atoms with E-state index in [1.54, 1.807) is 24.3 Å². The highest BCUT2D eigenvalue weighted by Crippen LogP contribution is 2.09. The Labute approximate surface area is 104 Å². The van der Waals surface area contributed by atoms with Gasteiger partial charge in [-0.3, -0.25) is 9.59 Å². The summed E-state index contributed by atoms with van der Waals surface area (Å²) in [5.74, 6) is -0.0227. The van der Waals surface area contributed by atoms with Crippen LogP contribution in [0.4, 0.5) is 0 Å². The van der Waals surface area contributed by atoms with Crippen LogP contribution in [-0.2, 0) is 9.53 Å². The monoisotopic (exact) mass is 249 g/mol. The molecule has 0 unspecified atom stereocenters. The summed E-state index contributed by atoms with van der Waals surface area (Å²) in [6, 6.07) is 8.39. The van der Waals surface area contributed by atoms with Crippen LogP contribution in [0.15, 0.2) is 24.3 Å². The first-order chi connectivity index (χ1) is 8.17. The van der Waals surface area contributed by atoms with Crippen molar-refractivity contribution in [3.05, 3.63) is 35.4 Å². The Balaban J connectivity index is 2.47. The first-order valence-electron chi connectivity index (χ1n) is 4.85. The van der Waals surface area contributed by atoms with Gasteiger partial charge in [0, 0.05) is 5.56 Å². The van der Waals surface area contributed by atoms with Crippen LogP contribution in [0.3, 0.4) is 0 Å². The minimum absolute atomic E-state index is 0.0663. The predicted molar refractivity (Wildman–Crippen MR) is 64.8 cm³/mol. The molecule has 1 aromatic carbocycles. The molecule has 5 heteroatoms. The summed E-state index contributed by atoms with van der Waals surface area (Å²) >= 11 is 1.21. The highest BCUT2D eigenvalue weighted by Gasteiger charge is 2.07. The molecule has 0 spiro atoms. The summed E-state index contributed by atoms with van der Waals surface area (Å²) in [7, 11) is 1.31. The highest BCUT2D eigenvalue weighted by molar-refractivity contribution is 8.00. The molecule has 0 fully saturated rings. The van der Waals surface area contributed by atoms with Crippen LogP contribution in [0.25, 0.3) is 0 Å². The molecule has 0 aliphatic heterocycles. The van der Waals surface area contributed by atoms with E-state index in [-0.39, 0.29) is 23.3 Å². The zero-order valence-corrected chi connectivity index (χ0v) is 10.1. The van der Waals surface area contributed by atoms with Crippen molar-refractivity contribution in [3.63, 3.8) is 0 Å². The maximum Gasteiger partial charge on any atom is 0.315 e. The van der Waals surface area contributed by atoms with Crippen molar-refractivity contribution in [2.75, 3.05) is 18.6 Å². The zero-order chi connectivity index (χ0) is 12.7. The molecule has 4 nitrogen and oxygen atoms in total. The number of rotatable bonds is 5. The van der Waals surface area contributed by atoms with Gasteiger partial charge in [-0.25, -0.2) is 0 Å². The second-order valence-corrected chi connectivity index (χ2v) is 4.17. The van der Waals surface area contributed by atoms with Crippen LogP contribution in [0.5, 0.6) is 0 Å². The van der Waals surface area contributed by atoms with Gasteiger partial charge in [0.2, 0.25) is 0 Å². The molecule has 0 bridgehead atoms. The van der Waals surface area contributed by atoms with Gasteiger partial charge in [-0.2, -0.15) is 5.26 Å². The third-order valence-corrected chi connectivity index (χ3v) is 2.92. The Bertz CT molecular complexity index is 448. The van der Waals surface area contributed by atoms with Gasteiger partial charge in [0.05, 0.1) is 30.2 Å². The van der Waals surface area contributed by atoms with Crippen LogP contribution in [0.1, 0.15) is 15.9 Å². The van der Waals surface area contributed by atoms with Crippen LogP contribution in [-0.4, -0.2) is 30.4 Å². The molecular weight excluding hydrogens is 238 g/mol. The normalized spacial score (nSPS) is 9.41. The van der Waals surface area contributed by atoms with Gasteiger partial charge in [-0.1, -0.05) is 12.1 Å². The summed E-state index contributed by atoms with van der Waals surface area (Å²) in [5, 5.41) is 8.61. The molecule has 0 amide bonds. The number of ketones is 1. The fourth-order valence-corrected chi connectivity index (χ4v) is 1.84. The molecule has 0 aliphatic rings. The number of thioether (sulfide) groups is 1. The summed E-state index contributed by atoms with van der Waals surface area (Å²) in [6.07, 6.45) is 0. The van der Waals surface area contributed by atoms with Gasteiger partial charge in [-0.15, -0.1) is 11.8 Å². The number of methoxy groups -OCH3 is 1. The van der Waals surface area contributed by atoms with E-state index in [1.165, 1.54) is 18.9 Å². The number of carbonyl (C=O) groups is 2. The molecule has 0 heterocycles. The zero-order valence-electron chi connectivity index (χ0n) is 9.30. The standard InChI is InChI=1S/C12H11NO3S/c1-16-12(15)8-17-7-11(14)10-4-2-9(6-13)3-5-10/h2-5H,7-8H2,1H3. The topological polar surface area (TPSA) is 67.2 Å². The second-order valence-electron chi connectivity index (χ2n) is 3.18. The summed E-state index contributed by atoms with van der Waals surface area (Å²) in [6.45, 7) is 0. The lowest BCUT2D eigenvalue weighted by Gasteiger charge is -2.01. The van der Waals surface area contributed by atoms with Gasteiger partial charge in [0.1, 0.15) is 0 Å². The van der Waals surface area contributed by atoms with Crippen molar-refractivity contribution in [1.82, 2.24) is 0 Å². The van der Waals surface area contributed by atoms with Gasteiger partial charge >= 0.3 is 5.97 Å². The number of nitrogens with zero attached hydrogens (tertiary/aromatic N) is 1. The van der Waals surface area contributed by atoms with E-state index in [0.29, 0.717) is 11.1 Å². The summed E-state index contributed by atoms with van der Waals surface area (Å²) in [4.78, 5) is 22.5. The Kier molecular flexibility index (Phi) is 5.24. The van der Waals surface area contributed by atoms with E-state index in [1.807, 2.05) is 6.07 Å². The molecule has 0 aliphatic carbocycles. The molecule has 0 radical (unpaired) electrons. The van der Waals surface area contributed by atoms with E-state index in [2.05, 4.69) is 4.74 Å². The Morgan fingerprint density at radius 1 is 1.29 bits per heavy atom.